The van der Waals surface area contributed by atoms with Crippen LogP contribution in [0.1, 0.15) is 44.2 Å². The quantitative estimate of drug-likeness (QED) is 0.521. The van der Waals surface area contributed by atoms with Crippen molar-refractivity contribution in [3.05, 3.63) is 78.0 Å². The molecule has 2 unspecified atom stereocenters. The third-order valence-corrected chi connectivity index (χ3v) is 9.59. The fourth-order valence-electron chi connectivity index (χ4n) is 5.95. The number of carbonyl (C=O) groups excluding carboxylic acids is 1. The molecule has 0 aliphatic heterocycles. The van der Waals surface area contributed by atoms with Crippen molar-refractivity contribution in [1.82, 2.24) is 14.5 Å². The van der Waals surface area contributed by atoms with Gasteiger partial charge in [-0.25, -0.2) is 13.1 Å². The number of aromatic nitrogens is 2. The Bertz CT molecular complexity index is 1300. The van der Waals surface area contributed by atoms with E-state index < -0.39 is 15.4 Å². The molecule has 2 bridgehead atoms. The lowest BCUT2D eigenvalue weighted by molar-refractivity contribution is -0.128. The lowest BCUT2D eigenvalue weighted by atomic mass is 9.70. The van der Waals surface area contributed by atoms with E-state index in [0.29, 0.717) is 19.4 Å². The Morgan fingerprint density at radius 2 is 1.74 bits per heavy atom. The summed E-state index contributed by atoms with van der Waals surface area (Å²) < 4.78 is 31.1. The fourth-order valence-corrected chi connectivity index (χ4v) is 7.76. The molecule has 0 amide bonds. The molecule has 2 atom stereocenters. The third kappa shape index (κ3) is 4.01. The lowest BCUT2D eigenvalue weighted by Crippen LogP contribution is -2.45. The first-order chi connectivity index (χ1) is 16.2. The number of nitrogens with zero attached hydrogens (tertiary/aromatic N) is 2. The van der Waals surface area contributed by atoms with Crippen LogP contribution in [0.4, 0.5) is 0 Å². The first-order valence-electron chi connectivity index (χ1n) is 11.9. The van der Waals surface area contributed by atoms with Crippen molar-refractivity contribution < 1.29 is 13.2 Å². The van der Waals surface area contributed by atoms with E-state index >= 15 is 0 Å². The Labute approximate surface area is 201 Å². The van der Waals surface area contributed by atoms with E-state index in [-0.39, 0.29) is 29.4 Å². The number of benzene rings is 2. The van der Waals surface area contributed by atoms with Crippen LogP contribution in [0.25, 0.3) is 11.3 Å². The van der Waals surface area contributed by atoms with Crippen LogP contribution >= 0.6 is 0 Å². The van der Waals surface area contributed by atoms with Gasteiger partial charge in [-0.1, -0.05) is 74.5 Å². The van der Waals surface area contributed by atoms with Crippen molar-refractivity contribution in [3.63, 3.8) is 0 Å². The van der Waals surface area contributed by atoms with Gasteiger partial charge in [0.05, 0.1) is 18.0 Å². The van der Waals surface area contributed by atoms with Crippen LogP contribution < -0.4 is 4.72 Å². The number of ketones is 1. The smallest absolute Gasteiger partial charge is 0.212 e. The zero-order valence-corrected chi connectivity index (χ0v) is 20.5. The van der Waals surface area contributed by atoms with Gasteiger partial charge < -0.3 is 0 Å². The second-order valence-electron chi connectivity index (χ2n) is 10.3. The van der Waals surface area contributed by atoms with Gasteiger partial charge in [0.15, 0.2) is 0 Å². The average molecular weight is 478 g/mol. The predicted octanol–water partition coefficient (Wildman–Crippen LogP) is 4.41. The normalized spacial score (nSPS) is 23.5. The van der Waals surface area contributed by atoms with E-state index in [2.05, 4.69) is 18.6 Å². The van der Waals surface area contributed by atoms with E-state index in [1.165, 1.54) is 0 Å². The monoisotopic (exact) mass is 477 g/mol. The van der Waals surface area contributed by atoms with Crippen LogP contribution in [0.15, 0.2) is 66.9 Å². The summed E-state index contributed by atoms with van der Waals surface area (Å²) in [5, 5.41) is 4.78. The largest absolute Gasteiger partial charge is 0.299 e. The summed E-state index contributed by atoms with van der Waals surface area (Å²) in [6.07, 6.45) is 4.01. The minimum absolute atomic E-state index is 0.111. The van der Waals surface area contributed by atoms with Gasteiger partial charge in [0.25, 0.3) is 0 Å². The summed E-state index contributed by atoms with van der Waals surface area (Å²) in [5.41, 5.74) is 2.57. The average Bonchev–Trinajstić information content (AvgIpc) is 3.38. The molecule has 0 radical (unpaired) electrons. The number of rotatable bonds is 8. The highest BCUT2D eigenvalue weighted by Crippen LogP contribution is 2.64. The maximum absolute atomic E-state index is 13.2. The molecule has 5 rings (SSSR count). The van der Waals surface area contributed by atoms with Crippen LogP contribution in [-0.4, -0.2) is 29.7 Å². The molecule has 1 heterocycles. The molecular formula is C27H31N3O3S. The molecule has 0 saturated heterocycles. The molecular weight excluding hydrogens is 446 g/mol. The topological polar surface area (TPSA) is 81.1 Å². The molecule has 2 aromatic carbocycles. The molecule has 2 aliphatic rings. The Morgan fingerprint density at radius 3 is 2.35 bits per heavy atom. The third-order valence-electron chi connectivity index (χ3n) is 8.13. The maximum atomic E-state index is 13.2. The Morgan fingerprint density at radius 1 is 1.06 bits per heavy atom. The van der Waals surface area contributed by atoms with Crippen molar-refractivity contribution in [1.29, 1.82) is 0 Å². The molecule has 1 N–H and O–H groups in total. The molecule has 2 aliphatic carbocycles. The van der Waals surface area contributed by atoms with Gasteiger partial charge in [-0.15, -0.1) is 0 Å². The molecule has 1 aromatic heterocycles. The van der Waals surface area contributed by atoms with E-state index in [9.17, 15) is 13.2 Å². The van der Waals surface area contributed by atoms with Gasteiger partial charge in [0.1, 0.15) is 5.78 Å². The van der Waals surface area contributed by atoms with Crippen molar-refractivity contribution in [3.8, 4) is 11.3 Å². The van der Waals surface area contributed by atoms with Gasteiger partial charge >= 0.3 is 0 Å². The van der Waals surface area contributed by atoms with Gasteiger partial charge in [-0.2, -0.15) is 5.10 Å². The molecule has 34 heavy (non-hydrogen) atoms. The maximum Gasteiger partial charge on any atom is 0.212 e. The summed E-state index contributed by atoms with van der Waals surface area (Å²) in [4.78, 5) is 12.8. The van der Waals surface area contributed by atoms with E-state index in [1.54, 1.807) is 0 Å². The Hall–Kier alpha value is -2.77. The molecule has 7 heteroatoms. The molecule has 2 fully saturated rings. The molecule has 0 spiro atoms. The molecule has 3 aromatic rings. The fraction of sp³-hybridized carbons (Fsp3) is 0.407. The predicted molar refractivity (Wildman–Crippen MR) is 132 cm³/mol. The van der Waals surface area contributed by atoms with Gasteiger partial charge in [-0.3, -0.25) is 9.48 Å². The number of hydrogen-bond donors (Lipinski definition) is 1. The van der Waals surface area contributed by atoms with Crippen molar-refractivity contribution >= 4 is 15.8 Å². The summed E-state index contributed by atoms with van der Waals surface area (Å²) in [5.74, 6) is 0.261. The number of fused-ring (bicyclic) bond motifs is 2. The van der Waals surface area contributed by atoms with Crippen LogP contribution in [0.5, 0.6) is 0 Å². The summed E-state index contributed by atoms with van der Waals surface area (Å²) in [6.45, 7) is 4.86. The highest BCUT2D eigenvalue weighted by Gasteiger charge is 2.65. The number of Topliss-reactive ketones (excluding diaryl/α,β-unsaturated/α-hetero) is 1. The van der Waals surface area contributed by atoms with E-state index in [0.717, 1.165) is 28.8 Å². The van der Waals surface area contributed by atoms with E-state index in [1.807, 2.05) is 71.5 Å². The summed E-state index contributed by atoms with van der Waals surface area (Å²) in [7, 11) is -3.67. The first-order valence-corrected chi connectivity index (χ1v) is 13.5. The van der Waals surface area contributed by atoms with Crippen LogP contribution in [0.3, 0.4) is 0 Å². The first kappa shape index (κ1) is 23.0. The second-order valence-corrected chi connectivity index (χ2v) is 12.1. The van der Waals surface area contributed by atoms with Gasteiger partial charge in [0, 0.05) is 35.7 Å². The Kier molecular flexibility index (Phi) is 5.73. The second kappa shape index (κ2) is 8.47. The van der Waals surface area contributed by atoms with Gasteiger partial charge in [-0.05, 0) is 29.7 Å². The molecule has 2 saturated carbocycles. The van der Waals surface area contributed by atoms with Gasteiger partial charge in [0.2, 0.25) is 10.0 Å². The molecule has 178 valence electrons. The number of carbonyl (C=O) groups is 1. The standard InChI is InChI=1S/C27H31N3O3S/c1-26(2)23-13-14-27(26,24(31)15-23)19-34(32,33)28-16-22-18-30(17-20-9-5-3-6-10-20)29-25(22)21-11-7-4-8-12-21/h3-12,18,23,28H,13-17,19H2,1-2H3. The van der Waals surface area contributed by atoms with Crippen molar-refractivity contribution in [2.45, 2.75) is 46.2 Å². The van der Waals surface area contributed by atoms with Crippen LogP contribution in [-0.2, 0) is 27.9 Å². The lowest BCUT2D eigenvalue weighted by Gasteiger charge is -2.36. The number of nitrogens with one attached hydrogen (secondary N) is 1. The van der Waals surface area contributed by atoms with Crippen molar-refractivity contribution in [2.24, 2.45) is 16.7 Å². The molecule has 6 nitrogen and oxygen atoms in total. The zero-order valence-electron chi connectivity index (χ0n) is 19.7. The number of sulfonamides is 1. The van der Waals surface area contributed by atoms with Crippen LogP contribution in [0, 0.1) is 16.7 Å². The van der Waals surface area contributed by atoms with Crippen molar-refractivity contribution in [2.75, 3.05) is 5.75 Å². The van der Waals surface area contributed by atoms with E-state index in [4.69, 9.17) is 5.10 Å². The minimum Gasteiger partial charge on any atom is -0.299 e. The summed E-state index contributed by atoms with van der Waals surface area (Å²) in [6, 6.07) is 19.8. The van der Waals surface area contributed by atoms with Crippen LogP contribution in [0.2, 0.25) is 0 Å². The minimum atomic E-state index is -3.67. The Balaban J connectivity index is 1.38. The highest BCUT2D eigenvalue weighted by molar-refractivity contribution is 7.89. The SMILES string of the molecule is CC1(C)C2CCC1(CS(=O)(=O)NCc1cn(Cc3ccccc3)nc1-c1ccccc1)C(=O)C2. The zero-order chi connectivity index (χ0) is 24.0. The summed E-state index contributed by atoms with van der Waals surface area (Å²) >= 11 is 0. The highest BCUT2D eigenvalue weighted by atomic mass is 32.2. The number of hydrogen-bond acceptors (Lipinski definition) is 4.